The lowest BCUT2D eigenvalue weighted by atomic mass is 10.1. The number of thioether (sulfide) groups is 1. The van der Waals surface area contributed by atoms with E-state index < -0.39 is 6.04 Å². The zero-order chi connectivity index (χ0) is 21.0. The molecular weight excluding hydrogens is 388 g/mol. The van der Waals surface area contributed by atoms with Gasteiger partial charge in [0, 0.05) is 11.3 Å². The van der Waals surface area contributed by atoms with Gasteiger partial charge in [-0.25, -0.2) is 0 Å². The second-order valence-electron chi connectivity index (χ2n) is 6.50. The van der Waals surface area contributed by atoms with E-state index in [2.05, 4.69) is 21.6 Å². The van der Waals surface area contributed by atoms with Crippen LogP contribution >= 0.6 is 11.8 Å². The highest BCUT2D eigenvalue weighted by atomic mass is 32.2. The van der Waals surface area contributed by atoms with Crippen LogP contribution in [0.15, 0.2) is 39.9 Å². The number of amides is 1. The fourth-order valence-electron chi connectivity index (χ4n) is 2.93. The number of nitriles is 1. The van der Waals surface area contributed by atoms with Crippen molar-refractivity contribution in [2.75, 3.05) is 11.1 Å². The lowest BCUT2D eigenvalue weighted by molar-refractivity contribution is -0.119. The third kappa shape index (κ3) is 4.27. The van der Waals surface area contributed by atoms with Gasteiger partial charge in [0.2, 0.25) is 17.7 Å². The summed E-state index contributed by atoms with van der Waals surface area (Å²) in [4.78, 5) is 13.0. The van der Waals surface area contributed by atoms with Crippen LogP contribution in [0.5, 0.6) is 0 Å². The molecule has 0 bridgehead atoms. The Hall–Kier alpha value is -3.25. The van der Waals surface area contributed by atoms with Crippen molar-refractivity contribution >= 4 is 29.5 Å². The van der Waals surface area contributed by atoms with Gasteiger partial charge in [0.15, 0.2) is 5.16 Å². The monoisotopic (exact) mass is 410 g/mol. The molecule has 150 valence electrons. The van der Waals surface area contributed by atoms with Crippen LogP contribution in [-0.2, 0) is 10.5 Å². The molecule has 3 N–H and O–H groups in total. The summed E-state index contributed by atoms with van der Waals surface area (Å²) in [5.41, 5.74) is 8.18. The maximum atomic E-state index is 13.0. The molecule has 3 rings (SSSR count). The van der Waals surface area contributed by atoms with E-state index >= 15 is 0 Å². The zero-order valence-corrected chi connectivity index (χ0v) is 17.3. The first kappa shape index (κ1) is 20.5. The molecule has 8 nitrogen and oxygen atoms in total. The molecule has 0 saturated heterocycles. The Morgan fingerprint density at radius 2 is 2.07 bits per heavy atom. The second kappa shape index (κ2) is 8.84. The number of nitrogen functional groups attached to an aromatic ring is 1. The van der Waals surface area contributed by atoms with Crippen molar-refractivity contribution in [3.05, 3.63) is 52.8 Å². The number of aryl methyl sites for hydroxylation is 1. The van der Waals surface area contributed by atoms with Gasteiger partial charge < -0.3 is 10.2 Å². The number of aromatic nitrogens is 3. The summed E-state index contributed by atoms with van der Waals surface area (Å²) >= 11 is 1.46. The summed E-state index contributed by atoms with van der Waals surface area (Å²) in [5.74, 6) is 1.23. The summed E-state index contributed by atoms with van der Waals surface area (Å²) in [6.07, 6.45) is 0.466. The van der Waals surface area contributed by atoms with Gasteiger partial charge in [-0.3, -0.25) is 14.7 Å². The van der Waals surface area contributed by atoms with Gasteiger partial charge in [0.25, 0.3) is 0 Å². The summed E-state index contributed by atoms with van der Waals surface area (Å²) in [6, 6.07) is 11.4. The molecular formula is C20H22N6O2S. The Bertz CT molecular complexity index is 1050. The summed E-state index contributed by atoms with van der Waals surface area (Å²) < 4.78 is 7.18. The second-order valence-corrected chi connectivity index (χ2v) is 7.44. The standard InChI is InChI=1S/C20H22N6O2S/c1-4-16(17(27)23-18-15(10-21)12(2)13(3)28-18)26-19(22)24-25-20(26)29-11-14-8-6-5-7-9-14/h5-9,16H,4,11H2,1-3H3,(H2,22,24)(H,23,27). The molecule has 0 aliphatic rings. The number of carbonyl (C=O) groups is 1. The van der Waals surface area contributed by atoms with Gasteiger partial charge in [-0.15, -0.1) is 10.2 Å². The highest BCUT2D eigenvalue weighted by Crippen LogP contribution is 2.30. The molecule has 2 heterocycles. The van der Waals surface area contributed by atoms with Crippen molar-refractivity contribution in [2.45, 2.75) is 44.1 Å². The molecule has 29 heavy (non-hydrogen) atoms. The highest BCUT2D eigenvalue weighted by Gasteiger charge is 2.27. The molecule has 0 aliphatic carbocycles. The molecule has 0 spiro atoms. The molecule has 1 unspecified atom stereocenters. The van der Waals surface area contributed by atoms with E-state index in [0.717, 1.165) is 5.56 Å². The number of rotatable bonds is 7. The first-order valence-corrected chi connectivity index (χ1v) is 10.1. The van der Waals surface area contributed by atoms with Crippen LogP contribution in [0.4, 0.5) is 11.8 Å². The number of carbonyl (C=O) groups excluding carboxylic acids is 1. The fourth-order valence-corrected chi connectivity index (χ4v) is 3.88. The van der Waals surface area contributed by atoms with Gasteiger partial charge in [0.1, 0.15) is 23.4 Å². The van der Waals surface area contributed by atoms with Crippen molar-refractivity contribution in [3.8, 4) is 6.07 Å². The normalized spacial score (nSPS) is 11.8. The molecule has 0 saturated carbocycles. The van der Waals surface area contributed by atoms with E-state index in [1.54, 1.807) is 18.4 Å². The van der Waals surface area contributed by atoms with E-state index in [-0.39, 0.29) is 17.7 Å². The minimum absolute atomic E-state index is 0.149. The predicted octanol–water partition coefficient (Wildman–Crippen LogP) is 3.82. The van der Waals surface area contributed by atoms with Crippen molar-refractivity contribution in [3.63, 3.8) is 0 Å². The van der Waals surface area contributed by atoms with Crippen LogP contribution in [0.3, 0.4) is 0 Å². The number of nitrogens with two attached hydrogens (primary N) is 1. The maximum Gasteiger partial charge on any atom is 0.249 e. The number of benzene rings is 1. The Balaban J connectivity index is 1.83. The van der Waals surface area contributed by atoms with Gasteiger partial charge in [-0.2, -0.15) is 5.26 Å². The number of furan rings is 1. The Kier molecular flexibility index (Phi) is 6.24. The average molecular weight is 411 g/mol. The van der Waals surface area contributed by atoms with Crippen molar-refractivity contribution in [1.82, 2.24) is 14.8 Å². The number of anilines is 2. The Morgan fingerprint density at radius 1 is 1.34 bits per heavy atom. The SMILES string of the molecule is CCC(C(=O)Nc1oc(C)c(C)c1C#N)n1c(N)nnc1SCc1ccccc1. The topological polar surface area (TPSA) is 123 Å². The van der Waals surface area contributed by atoms with Crippen LogP contribution in [0.1, 0.15) is 41.8 Å². The highest BCUT2D eigenvalue weighted by molar-refractivity contribution is 7.98. The van der Waals surface area contributed by atoms with E-state index in [1.807, 2.05) is 37.3 Å². The van der Waals surface area contributed by atoms with Gasteiger partial charge in [-0.1, -0.05) is 49.0 Å². The summed E-state index contributed by atoms with van der Waals surface area (Å²) in [6.45, 7) is 5.40. The van der Waals surface area contributed by atoms with Crippen LogP contribution in [0, 0.1) is 25.2 Å². The Labute approximate surface area is 173 Å². The summed E-state index contributed by atoms with van der Waals surface area (Å²) in [7, 11) is 0. The summed E-state index contributed by atoms with van der Waals surface area (Å²) in [5, 5.41) is 20.7. The number of nitrogens with one attached hydrogen (secondary N) is 1. The lowest BCUT2D eigenvalue weighted by Gasteiger charge is -2.18. The molecule has 0 radical (unpaired) electrons. The van der Waals surface area contributed by atoms with Crippen LogP contribution in [0.2, 0.25) is 0 Å². The van der Waals surface area contributed by atoms with Crippen LogP contribution < -0.4 is 11.1 Å². The molecule has 0 fully saturated rings. The van der Waals surface area contributed by atoms with Gasteiger partial charge >= 0.3 is 0 Å². The van der Waals surface area contributed by atoms with Crippen molar-refractivity contribution in [2.24, 2.45) is 0 Å². The minimum Gasteiger partial charge on any atom is -0.444 e. The van der Waals surface area contributed by atoms with Crippen LogP contribution in [0.25, 0.3) is 0 Å². The lowest BCUT2D eigenvalue weighted by Crippen LogP contribution is -2.27. The van der Waals surface area contributed by atoms with Crippen LogP contribution in [-0.4, -0.2) is 20.7 Å². The first-order valence-electron chi connectivity index (χ1n) is 9.14. The van der Waals surface area contributed by atoms with E-state index in [1.165, 1.54) is 11.8 Å². The van der Waals surface area contributed by atoms with Gasteiger partial charge in [0.05, 0.1) is 0 Å². The van der Waals surface area contributed by atoms with E-state index in [4.69, 9.17) is 10.2 Å². The Morgan fingerprint density at radius 3 is 2.72 bits per heavy atom. The number of hydrogen-bond acceptors (Lipinski definition) is 7. The minimum atomic E-state index is -0.638. The average Bonchev–Trinajstić information content (AvgIpc) is 3.21. The largest absolute Gasteiger partial charge is 0.444 e. The maximum absolute atomic E-state index is 13.0. The predicted molar refractivity (Wildman–Crippen MR) is 111 cm³/mol. The quantitative estimate of drug-likeness (QED) is 0.568. The first-order chi connectivity index (χ1) is 14.0. The van der Waals surface area contributed by atoms with E-state index in [0.29, 0.717) is 34.2 Å². The number of nitrogens with zero attached hydrogens (tertiary/aromatic N) is 4. The molecule has 1 aromatic carbocycles. The molecule has 1 atom stereocenters. The van der Waals surface area contributed by atoms with E-state index in [9.17, 15) is 10.1 Å². The third-order valence-electron chi connectivity index (χ3n) is 4.64. The van der Waals surface area contributed by atoms with Crippen molar-refractivity contribution < 1.29 is 9.21 Å². The molecule has 3 aromatic rings. The third-order valence-corrected chi connectivity index (χ3v) is 5.65. The molecule has 2 aromatic heterocycles. The smallest absolute Gasteiger partial charge is 0.249 e. The fraction of sp³-hybridized carbons (Fsp3) is 0.300. The zero-order valence-electron chi connectivity index (χ0n) is 16.5. The molecule has 9 heteroatoms. The van der Waals surface area contributed by atoms with Gasteiger partial charge in [-0.05, 0) is 25.8 Å². The number of hydrogen-bond donors (Lipinski definition) is 2. The molecule has 1 amide bonds. The van der Waals surface area contributed by atoms with Crippen molar-refractivity contribution in [1.29, 1.82) is 5.26 Å². The molecule has 0 aliphatic heterocycles.